The van der Waals surface area contributed by atoms with Crippen molar-refractivity contribution in [1.82, 2.24) is 0 Å². The first kappa shape index (κ1) is 17.3. The zero-order valence-electron chi connectivity index (χ0n) is 12.8. The largest absolute Gasteiger partial charge is 0.481 e. The number of rotatable bonds is 3. The van der Waals surface area contributed by atoms with Crippen LogP contribution in [0.4, 0.5) is 10.5 Å². The summed E-state index contributed by atoms with van der Waals surface area (Å²) < 4.78 is 5.13. The van der Waals surface area contributed by atoms with Gasteiger partial charge in [0.05, 0.1) is 5.41 Å². The minimum Gasteiger partial charge on any atom is -0.481 e. The van der Waals surface area contributed by atoms with Crippen LogP contribution in [-0.2, 0) is 14.9 Å². The lowest BCUT2D eigenvalue weighted by atomic mass is 9.84. The number of carbonyl (C=O) groups is 2. The third kappa shape index (κ3) is 4.63. The van der Waals surface area contributed by atoms with Crippen molar-refractivity contribution >= 4 is 29.4 Å². The van der Waals surface area contributed by atoms with Gasteiger partial charge in [-0.25, -0.2) is 4.79 Å². The Kier molecular flexibility index (Phi) is 4.89. The van der Waals surface area contributed by atoms with Gasteiger partial charge in [0.2, 0.25) is 0 Å². The summed E-state index contributed by atoms with van der Waals surface area (Å²) in [6.45, 7) is 8.42. The monoisotopic (exact) mass is 313 g/mol. The average molecular weight is 314 g/mol. The predicted octanol–water partition coefficient (Wildman–Crippen LogP) is 4.05. The molecule has 1 rings (SSSR count). The summed E-state index contributed by atoms with van der Waals surface area (Å²) in [7, 11) is 0. The van der Waals surface area contributed by atoms with E-state index in [2.05, 4.69) is 5.32 Å². The molecule has 0 fully saturated rings. The molecule has 1 aromatic carbocycles. The number of amides is 1. The molecule has 0 aromatic heterocycles. The Morgan fingerprint density at radius 1 is 1.19 bits per heavy atom. The molecule has 0 aliphatic heterocycles. The molecule has 6 heteroatoms. The van der Waals surface area contributed by atoms with Crippen LogP contribution in [0.5, 0.6) is 0 Å². The Bertz CT molecular complexity index is 561. The Morgan fingerprint density at radius 3 is 2.19 bits per heavy atom. The molecule has 1 aromatic rings. The molecule has 0 saturated heterocycles. The van der Waals surface area contributed by atoms with Gasteiger partial charge in [0.25, 0.3) is 0 Å². The van der Waals surface area contributed by atoms with Crippen molar-refractivity contribution in [3.05, 3.63) is 28.8 Å². The van der Waals surface area contributed by atoms with E-state index in [1.165, 1.54) is 6.07 Å². The third-order valence-corrected chi connectivity index (χ3v) is 3.14. The van der Waals surface area contributed by atoms with Crippen molar-refractivity contribution in [1.29, 1.82) is 0 Å². The second-order valence-corrected chi connectivity index (χ2v) is 6.66. The summed E-state index contributed by atoms with van der Waals surface area (Å²) in [6, 6.07) is 4.68. The lowest BCUT2D eigenvalue weighted by Gasteiger charge is -2.22. The molecule has 0 radical (unpaired) electrons. The minimum absolute atomic E-state index is 0.274. The van der Waals surface area contributed by atoms with E-state index in [1.807, 2.05) is 0 Å². The van der Waals surface area contributed by atoms with Crippen LogP contribution in [0.25, 0.3) is 0 Å². The Balaban J connectivity index is 2.94. The Morgan fingerprint density at radius 2 is 1.76 bits per heavy atom. The molecular formula is C15H20ClNO4. The summed E-state index contributed by atoms with van der Waals surface area (Å²) in [5, 5.41) is 12.0. The number of hydrogen-bond donors (Lipinski definition) is 2. The van der Waals surface area contributed by atoms with Gasteiger partial charge in [0, 0.05) is 10.7 Å². The number of halogens is 1. The molecule has 116 valence electrons. The van der Waals surface area contributed by atoms with Crippen molar-refractivity contribution in [3.8, 4) is 0 Å². The standard InChI is InChI=1S/C15H20ClNO4/c1-14(2,3)21-13(20)17-9-6-7-10(11(16)8-9)15(4,5)12(18)19/h6-8H,1-5H3,(H,17,20)(H,18,19). The maximum absolute atomic E-state index is 11.7. The molecule has 0 unspecified atom stereocenters. The van der Waals surface area contributed by atoms with Crippen LogP contribution in [0.3, 0.4) is 0 Å². The number of ether oxygens (including phenoxy) is 1. The summed E-state index contributed by atoms with van der Waals surface area (Å²) in [5.74, 6) is -0.975. The topological polar surface area (TPSA) is 75.6 Å². The highest BCUT2D eigenvalue weighted by Gasteiger charge is 2.31. The molecule has 21 heavy (non-hydrogen) atoms. The number of carboxylic acids is 1. The van der Waals surface area contributed by atoms with Gasteiger partial charge in [0.15, 0.2) is 0 Å². The van der Waals surface area contributed by atoms with Crippen molar-refractivity contribution in [2.24, 2.45) is 0 Å². The van der Waals surface area contributed by atoms with Gasteiger partial charge in [-0.05, 0) is 52.3 Å². The first-order valence-electron chi connectivity index (χ1n) is 6.47. The first-order valence-corrected chi connectivity index (χ1v) is 6.85. The fraction of sp³-hybridized carbons (Fsp3) is 0.467. The van der Waals surface area contributed by atoms with Crippen molar-refractivity contribution < 1.29 is 19.4 Å². The van der Waals surface area contributed by atoms with Gasteiger partial charge in [0.1, 0.15) is 5.60 Å². The molecular weight excluding hydrogens is 294 g/mol. The molecule has 0 aliphatic rings. The van der Waals surface area contributed by atoms with Crippen molar-refractivity contribution in [3.63, 3.8) is 0 Å². The van der Waals surface area contributed by atoms with Gasteiger partial charge in [-0.2, -0.15) is 0 Å². The fourth-order valence-corrected chi connectivity index (χ4v) is 2.05. The minimum atomic E-state index is -1.11. The SMILES string of the molecule is CC(C)(C)OC(=O)Nc1ccc(C(C)(C)C(=O)O)c(Cl)c1. The molecule has 0 saturated carbocycles. The second-order valence-electron chi connectivity index (χ2n) is 6.25. The van der Waals surface area contributed by atoms with Gasteiger partial charge in [-0.3, -0.25) is 10.1 Å². The molecule has 0 aliphatic carbocycles. The quantitative estimate of drug-likeness (QED) is 0.882. The van der Waals surface area contributed by atoms with Crippen molar-refractivity contribution in [2.75, 3.05) is 5.32 Å². The number of aliphatic carboxylic acids is 1. The van der Waals surface area contributed by atoms with Crippen LogP contribution < -0.4 is 5.32 Å². The highest BCUT2D eigenvalue weighted by atomic mass is 35.5. The van der Waals surface area contributed by atoms with E-state index in [9.17, 15) is 14.7 Å². The summed E-state index contributed by atoms with van der Waals surface area (Å²) >= 11 is 6.12. The molecule has 0 heterocycles. The molecule has 0 spiro atoms. The van der Waals surface area contributed by atoms with E-state index in [0.717, 1.165) is 0 Å². The molecule has 1 amide bonds. The predicted molar refractivity (Wildman–Crippen MR) is 82.0 cm³/mol. The first-order chi connectivity index (χ1) is 9.43. The summed E-state index contributed by atoms with van der Waals surface area (Å²) in [4.78, 5) is 22.9. The number of hydrogen-bond acceptors (Lipinski definition) is 3. The summed E-state index contributed by atoms with van der Waals surface area (Å²) in [5.41, 5.74) is -0.786. The van der Waals surface area contributed by atoms with Crippen LogP contribution >= 0.6 is 11.6 Å². The van der Waals surface area contributed by atoms with E-state index < -0.39 is 23.1 Å². The number of carboxylic acid groups (broad SMARTS) is 1. The van der Waals surface area contributed by atoms with Gasteiger partial charge in [-0.15, -0.1) is 0 Å². The van der Waals surface area contributed by atoms with Gasteiger partial charge < -0.3 is 9.84 Å². The fourth-order valence-electron chi connectivity index (χ4n) is 1.64. The van der Waals surface area contributed by atoms with Crippen LogP contribution in [0.1, 0.15) is 40.2 Å². The highest BCUT2D eigenvalue weighted by Crippen LogP contribution is 2.32. The molecule has 0 bridgehead atoms. The smallest absolute Gasteiger partial charge is 0.412 e. The number of anilines is 1. The van der Waals surface area contributed by atoms with E-state index in [1.54, 1.807) is 46.8 Å². The van der Waals surface area contributed by atoms with E-state index in [4.69, 9.17) is 16.3 Å². The van der Waals surface area contributed by atoms with Crippen LogP contribution in [0.2, 0.25) is 5.02 Å². The normalized spacial score (nSPS) is 11.9. The highest BCUT2D eigenvalue weighted by molar-refractivity contribution is 6.32. The average Bonchev–Trinajstić information content (AvgIpc) is 2.25. The Labute approximate surface area is 129 Å². The molecule has 2 N–H and O–H groups in total. The van der Waals surface area contributed by atoms with Crippen LogP contribution in [0, 0.1) is 0 Å². The number of benzene rings is 1. The lowest BCUT2D eigenvalue weighted by Crippen LogP contribution is -2.29. The zero-order valence-corrected chi connectivity index (χ0v) is 13.5. The number of carbonyl (C=O) groups excluding carboxylic acids is 1. The van der Waals surface area contributed by atoms with E-state index >= 15 is 0 Å². The second kappa shape index (κ2) is 5.93. The zero-order chi connectivity index (χ0) is 16.4. The maximum atomic E-state index is 11.7. The van der Waals surface area contributed by atoms with Gasteiger partial charge in [-0.1, -0.05) is 17.7 Å². The third-order valence-electron chi connectivity index (χ3n) is 2.82. The Hall–Kier alpha value is -1.75. The maximum Gasteiger partial charge on any atom is 0.412 e. The molecule has 0 atom stereocenters. The lowest BCUT2D eigenvalue weighted by molar-refractivity contribution is -0.142. The van der Waals surface area contributed by atoms with Gasteiger partial charge >= 0.3 is 12.1 Å². The summed E-state index contributed by atoms with van der Waals surface area (Å²) in [6.07, 6.45) is -0.594. The van der Waals surface area contributed by atoms with E-state index in [-0.39, 0.29) is 5.02 Å². The van der Waals surface area contributed by atoms with Crippen molar-refractivity contribution in [2.45, 2.75) is 45.6 Å². The van der Waals surface area contributed by atoms with E-state index in [0.29, 0.717) is 11.3 Å². The van der Waals surface area contributed by atoms with Crippen LogP contribution in [-0.4, -0.2) is 22.8 Å². The number of nitrogens with one attached hydrogen (secondary N) is 1. The van der Waals surface area contributed by atoms with Crippen LogP contribution in [0.15, 0.2) is 18.2 Å². The molecule has 5 nitrogen and oxygen atoms in total.